The molecule has 0 aliphatic rings. The lowest BCUT2D eigenvalue weighted by Crippen LogP contribution is -2.13. The van der Waals surface area contributed by atoms with Gasteiger partial charge in [-0.25, -0.2) is 4.98 Å². The highest BCUT2D eigenvalue weighted by molar-refractivity contribution is 6.04. The van der Waals surface area contributed by atoms with Crippen molar-refractivity contribution in [3.8, 4) is 0 Å². The van der Waals surface area contributed by atoms with E-state index in [0.29, 0.717) is 17.1 Å². The summed E-state index contributed by atoms with van der Waals surface area (Å²) in [6.45, 7) is 0. The van der Waals surface area contributed by atoms with E-state index >= 15 is 0 Å². The molecule has 0 atom stereocenters. The first kappa shape index (κ1) is 10.1. The maximum absolute atomic E-state index is 11.7. The average Bonchev–Trinajstić information content (AvgIpc) is 2.30. The molecule has 2 rings (SSSR count). The van der Waals surface area contributed by atoms with Gasteiger partial charge in [0.25, 0.3) is 5.91 Å². The Morgan fingerprint density at radius 3 is 2.88 bits per heavy atom. The van der Waals surface area contributed by atoms with Crippen LogP contribution in [0, 0.1) is 0 Å². The van der Waals surface area contributed by atoms with Crippen molar-refractivity contribution in [1.82, 2.24) is 9.97 Å². The number of nitrogens with zero attached hydrogens (tertiary/aromatic N) is 2. The van der Waals surface area contributed by atoms with Gasteiger partial charge in [0.1, 0.15) is 0 Å². The maximum Gasteiger partial charge on any atom is 0.256 e. The summed E-state index contributed by atoms with van der Waals surface area (Å²) in [5.41, 5.74) is 6.62. The van der Waals surface area contributed by atoms with Crippen LogP contribution in [0.5, 0.6) is 0 Å². The molecule has 0 saturated carbocycles. The molecular weight excluding hydrogens is 204 g/mol. The van der Waals surface area contributed by atoms with Crippen molar-refractivity contribution in [3.05, 3.63) is 48.4 Å². The summed E-state index contributed by atoms with van der Waals surface area (Å²) in [4.78, 5) is 19.5. The number of nitrogens with two attached hydrogens (primary N) is 1. The van der Waals surface area contributed by atoms with Gasteiger partial charge in [-0.05, 0) is 18.2 Å². The summed E-state index contributed by atoms with van der Waals surface area (Å²) in [6.07, 6.45) is 4.52. The number of carbonyl (C=O) groups excluding carboxylic acids is 1. The Kier molecular flexibility index (Phi) is 2.77. The molecule has 1 heterocycles. The summed E-state index contributed by atoms with van der Waals surface area (Å²) in [6, 6.07) is 6.73. The average molecular weight is 214 g/mol. The maximum atomic E-state index is 11.7. The first-order valence-corrected chi connectivity index (χ1v) is 4.68. The van der Waals surface area contributed by atoms with Crippen LogP contribution >= 0.6 is 0 Å². The lowest BCUT2D eigenvalue weighted by molar-refractivity contribution is 0.102. The third-order valence-electron chi connectivity index (χ3n) is 1.95. The van der Waals surface area contributed by atoms with Gasteiger partial charge >= 0.3 is 0 Å². The zero-order valence-electron chi connectivity index (χ0n) is 8.42. The number of amides is 1. The van der Waals surface area contributed by atoms with Crippen LogP contribution in [-0.4, -0.2) is 15.9 Å². The largest absolute Gasteiger partial charge is 0.399 e. The minimum absolute atomic E-state index is 0.257. The van der Waals surface area contributed by atoms with Gasteiger partial charge in [-0.1, -0.05) is 6.07 Å². The molecule has 0 radical (unpaired) electrons. The van der Waals surface area contributed by atoms with Gasteiger partial charge in [0.05, 0.1) is 6.20 Å². The third kappa shape index (κ3) is 2.33. The van der Waals surface area contributed by atoms with E-state index in [4.69, 9.17) is 5.73 Å². The van der Waals surface area contributed by atoms with E-state index in [1.54, 1.807) is 24.3 Å². The van der Waals surface area contributed by atoms with E-state index in [2.05, 4.69) is 15.3 Å². The van der Waals surface area contributed by atoms with Gasteiger partial charge < -0.3 is 11.1 Å². The van der Waals surface area contributed by atoms with Crippen molar-refractivity contribution in [1.29, 1.82) is 0 Å². The Morgan fingerprint density at radius 1 is 1.31 bits per heavy atom. The molecule has 80 valence electrons. The summed E-state index contributed by atoms with van der Waals surface area (Å²) in [5.74, 6) is 0.155. The molecule has 1 amide bonds. The normalized spacial score (nSPS) is 9.75. The van der Waals surface area contributed by atoms with E-state index in [0.717, 1.165) is 0 Å². The van der Waals surface area contributed by atoms with Crippen LogP contribution in [0.15, 0.2) is 42.9 Å². The zero-order chi connectivity index (χ0) is 11.4. The fourth-order valence-electron chi connectivity index (χ4n) is 1.23. The van der Waals surface area contributed by atoms with Crippen molar-refractivity contribution >= 4 is 17.4 Å². The molecule has 0 unspecified atom stereocenters. The van der Waals surface area contributed by atoms with Crippen molar-refractivity contribution in [2.75, 3.05) is 11.1 Å². The van der Waals surface area contributed by atoms with Crippen LogP contribution in [0.1, 0.15) is 10.4 Å². The molecule has 2 aromatic rings. The van der Waals surface area contributed by atoms with Gasteiger partial charge in [0, 0.05) is 23.6 Å². The van der Waals surface area contributed by atoms with E-state index in [-0.39, 0.29) is 5.91 Å². The van der Waals surface area contributed by atoms with Gasteiger partial charge in [0.15, 0.2) is 5.82 Å². The van der Waals surface area contributed by atoms with Crippen LogP contribution in [0.2, 0.25) is 0 Å². The number of hydrogen-bond acceptors (Lipinski definition) is 4. The van der Waals surface area contributed by atoms with Crippen molar-refractivity contribution in [3.63, 3.8) is 0 Å². The standard InChI is InChI=1S/C11H10N4O/c12-9-3-1-2-8(6-9)11(16)15-10-7-13-4-5-14-10/h1-7H,12H2,(H,14,15,16). The Bertz CT molecular complexity index is 498. The molecule has 3 N–H and O–H groups in total. The number of carbonyl (C=O) groups is 1. The summed E-state index contributed by atoms with van der Waals surface area (Å²) < 4.78 is 0. The molecule has 1 aromatic heterocycles. The third-order valence-corrected chi connectivity index (χ3v) is 1.95. The monoisotopic (exact) mass is 214 g/mol. The summed E-state index contributed by atoms with van der Waals surface area (Å²) in [5, 5.41) is 2.62. The molecule has 0 aliphatic carbocycles. The Morgan fingerprint density at radius 2 is 2.19 bits per heavy atom. The van der Waals surface area contributed by atoms with Crippen LogP contribution < -0.4 is 11.1 Å². The SMILES string of the molecule is Nc1cccc(C(=O)Nc2cnccn2)c1. The highest BCUT2D eigenvalue weighted by atomic mass is 16.1. The predicted octanol–water partition coefficient (Wildman–Crippen LogP) is 1.31. The van der Waals surface area contributed by atoms with Crippen LogP contribution in [-0.2, 0) is 0 Å². The van der Waals surface area contributed by atoms with Gasteiger partial charge in [-0.15, -0.1) is 0 Å². The summed E-state index contributed by atoms with van der Waals surface area (Å²) in [7, 11) is 0. The molecular formula is C11H10N4O. The van der Waals surface area contributed by atoms with Crippen LogP contribution in [0.25, 0.3) is 0 Å². The molecule has 5 nitrogen and oxygen atoms in total. The molecule has 0 fully saturated rings. The minimum Gasteiger partial charge on any atom is -0.399 e. The first-order chi connectivity index (χ1) is 7.75. The number of benzene rings is 1. The van der Waals surface area contributed by atoms with Gasteiger partial charge in [0.2, 0.25) is 0 Å². The molecule has 0 spiro atoms. The molecule has 5 heteroatoms. The van der Waals surface area contributed by atoms with E-state index in [1.807, 2.05) is 0 Å². The Balaban J connectivity index is 2.15. The number of anilines is 2. The lowest BCUT2D eigenvalue weighted by Gasteiger charge is -2.03. The molecule has 0 saturated heterocycles. The first-order valence-electron chi connectivity index (χ1n) is 4.68. The van der Waals surface area contributed by atoms with Gasteiger partial charge in [-0.2, -0.15) is 0 Å². The van der Waals surface area contributed by atoms with Gasteiger partial charge in [-0.3, -0.25) is 9.78 Å². The van der Waals surface area contributed by atoms with E-state index in [1.165, 1.54) is 18.6 Å². The van der Waals surface area contributed by atoms with E-state index < -0.39 is 0 Å². The lowest BCUT2D eigenvalue weighted by atomic mass is 10.2. The smallest absolute Gasteiger partial charge is 0.256 e. The van der Waals surface area contributed by atoms with Crippen molar-refractivity contribution in [2.24, 2.45) is 0 Å². The Labute approximate surface area is 92.3 Å². The number of hydrogen-bond donors (Lipinski definition) is 2. The Hall–Kier alpha value is -2.43. The second kappa shape index (κ2) is 4.39. The van der Waals surface area contributed by atoms with Crippen molar-refractivity contribution < 1.29 is 4.79 Å². The van der Waals surface area contributed by atoms with Crippen molar-refractivity contribution in [2.45, 2.75) is 0 Å². The second-order valence-corrected chi connectivity index (χ2v) is 3.17. The van der Waals surface area contributed by atoms with Crippen LogP contribution in [0.3, 0.4) is 0 Å². The van der Waals surface area contributed by atoms with Crippen LogP contribution in [0.4, 0.5) is 11.5 Å². The number of nitrogen functional groups attached to an aromatic ring is 1. The number of aromatic nitrogens is 2. The predicted molar refractivity (Wildman–Crippen MR) is 60.8 cm³/mol. The fraction of sp³-hybridized carbons (Fsp3) is 0. The topological polar surface area (TPSA) is 80.9 Å². The quantitative estimate of drug-likeness (QED) is 0.738. The molecule has 16 heavy (non-hydrogen) atoms. The highest BCUT2D eigenvalue weighted by Gasteiger charge is 2.06. The number of rotatable bonds is 2. The van der Waals surface area contributed by atoms with E-state index in [9.17, 15) is 4.79 Å². The second-order valence-electron chi connectivity index (χ2n) is 3.17. The minimum atomic E-state index is -0.257. The molecule has 0 bridgehead atoms. The molecule has 1 aromatic carbocycles. The molecule has 0 aliphatic heterocycles. The number of nitrogens with one attached hydrogen (secondary N) is 1. The zero-order valence-corrected chi connectivity index (χ0v) is 8.42. The fourth-order valence-corrected chi connectivity index (χ4v) is 1.23. The summed E-state index contributed by atoms with van der Waals surface area (Å²) >= 11 is 0. The highest BCUT2D eigenvalue weighted by Crippen LogP contribution is 2.08.